The van der Waals surface area contributed by atoms with Crippen molar-refractivity contribution in [2.75, 3.05) is 7.05 Å². The maximum Gasteiger partial charge on any atom is 0.338 e. The van der Waals surface area contributed by atoms with Crippen LogP contribution < -0.4 is 4.72 Å². The third kappa shape index (κ3) is 4.51. The fraction of sp³-hybridized carbons (Fsp3) is 0.118. The Balaban J connectivity index is 1.68. The number of hydrogen-bond donors (Lipinski definition) is 1. The summed E-state index contributed by atoms with van der Waals surface area (Å²) in [6.07, 6.45) is 0. The van der Waals surface area contributed by atoms with Gasteiger partial charge < -0.3 is 9.26 Å². The highest BCUT2D eigenvalue weighted by molar-refractivity contribution is 7.89. The lowest BCUT2D eigenvalue weighted by Crippen LogP contribution is -2.19. The van der Waals surface area contributed by atoms with Crippen molar-refractivity contribution < 1.29 is 22.5 Å². The van der Waals surface area contributed by atoms with E-state index in [1.54, 1.807) is 24.3 Å². The first-order valence-electron chi connectivity index (χ1n) is 7.68. The molecule has 3 rings (SSSR count). The molecule has 0 amide bonds. The van der Waals surface area contributed by atoms with Crippen LogP contribution in [0.5, 0.6) is 0 Å². The molecule has 140 valence electrons. The molecule has 1 aromatic heterocycles. The van der Waals surface area contributed by atoms with Crippen LogP contribution in [0.1, 0.15) is 16.2 Å². The Bertz CT molecular complexity index is 1060. The van der Waals surface area contributed by atoms with Crippen molar-refractivity contribution in [3.63, 3.8) is 0 Å². The van der Waals surface area contributed by atoms with E-state index in [1.807, 2.05) is 0 Å². The zero-order valence-corrected chi connectivity index (χ0v) is 15.6. The number of nitrogens with zero attached hydrogens (tertiary/aromatic N) is 2. The molecule has 8 nitrogen and oxygen atoms in total. The van der Waals surface area contributed by atoms with E-state index in [2.05, 4.69) is 14.9 Å². The smallest absolute Gasteiger partial charge is 0.338 e. The van der Waals surface area contributed by atoms with Gasteiger partial charge in [-0.25, -0.2) is 17.9 Å². The van der Waals surface area contributed by atoms with Gasteiger partial charge in [-0.15, -0.1) is 0 Å². The Morgan fingerprint density at radius 3 is 2.67 bits per heavy atom. The van der Waals surface area contributed by atoms with Crippen LogP contribution in [-0.2, 0) is 21.4 Å². The maximum absolute atomic E-state index is 12.2. The van der Waals surface area contributed by atoms with Crippen LogP contribution in [-0.4, -0.2) is 31.6 Å². The lowest BCUT2D eigenvalue weighted by molar-refractivity contribution is 0.0429. The van der Waals surface area contributed by atoms with Gasteiger partial charge in [0.05, 0.1) is 10.5 Å². The number of esters is 1. The standard InChI is InChI=1S/C17H14ClN3O5S/c1-19-27(23,24)14-4-2-3-12(9-14)17(22)25-10-15-20-16(21-26-15)11-5-7-13(18)8-6-11/h2-9,19H,10H2,1H3. The lowest BCUT2D eigenvalue weighted by atomic mass is 10.2. The molecule has 1 N–H and O–H groups in total. The zero-order chi connectivity index (χ0) is 19.4. The van der Waals surface area contributed by atoms with Gasteiger partial charge >= 0.3 is 5.97 Å². The predicted octanol–water partition coefficient (Wildman–Crippen LogP) is 2.66. The summed E-state index contributed by atoms with van der Waals surface area (Å²) in [6.45, 7) is -0.248. The molecule has 0 aliphatic rings. The van der Waals surface area contributed by atoms with Crippen molar-refractivity contribution in [2.45, 2.75) is 11.5 Å². The van der Waals surface area contributed by atoms with Crippen LogP contribution in [0, 0.1) is 0 Å². The van der Waals surface area contributed by atoms with Gasteiger partial charge in [-0.1, -0.05) is 22.8 Å². The predicted molar refractivity (Wildman–Crippen MR) is 96.6 cm³/mol. The summed E-state index contributed by atoms with van der Waals surface area (Å²) in [4.78, 5) is 16.3. The van der Waals surface area contributed by atoms with Crippen LogP contribution in [0.15, 0.2) is 57.9 Å². The Kier molecular flexibility index (Phi) is 5.54. The molecule has 1 heterocycles. The van der Waals surface area contributed by atoms with Crippen molar-refractivity contribution in [3.8, 4) is 11.4 Å². The van der Waals surface area contributed by atoms with Gasteiger partial charge in [0.2, 0.25) is 15.8 Å². The lowest BCUT2D eigenvalue weighted by Gasteiger charge is -2.05. The number of carbonyl (C=O) groups is 1. The Morgan fingerprint density at radius 1 is 1.22 bits per heavy atom. The van der Waals surface area contributed by atoms with Crippen LogP contribution in [0.4, 0.5) is 0 Å². The van der Waals surface area contributed by atoms with Crippen molar-refractivity contribution in [1.82, 2.24) is 14.9 Å². The summed E-state index contributed by atoms with van der Waals surface area (Å²) in [5.41, 5.74) is 0.787. The average molecular weight is 408 g/mol. The highest BCUT2D eigenvalue weighted by Crippen LogP contribution is 2.19. The van der Waals surface area contributed by atoms with Gasteiger partial charge in [0.1, 0.15) is 0 Å². The zero-order valence-electron chi connectivity index (χ0n) is 14.0. The summed E-state index contributed by atoms with van der Waals surface area (Å²) in [7, 11) is -2.37. The molecule has 0 aliphatic carbocycles. The quantitative estimate of drug-likeness (QED) is 0.625. The molecule has 0 radical (unpaired) electrons. The highest BCUT2D eigenvalue weighted by Gasteiger charge is 2.16. The third-order valence-corrected chi connectivity index (χ3v) is 5.21. The Hall–Kier alpha value is -2.75. The molecular formula is C17H14ClN3O5S. The van der Waals surface area contributed by atoms with Crippen molar-refractivity contribution in [1.29, 1.82) is 0 Å². The number of rotatable bonds is 6. The number of hydrogen-bond acceptors (Lipinski definition) is 7. The number of ether oxygens (including phenoxy) is 1. The number of benzene rings is 2. The van der Waals surface area contributed by atoms with Gasteiger partial charge in [0.25, 0.3) is 5.89 Å². The van der Waals surface area contributed by atoms with Crippen LogP contribution in [0.2, 0.25) is 5.02 Å². The summed E-state index contributed by atoms with van der Waals surface area (Å²) in [6, 6.07) is 12.3. The van der Waals surface area contributed by atoms with E-state index in [4.69, 9.17) is 20.9 Å². The minimum atomic E-state index is -3.66. The first kappa shape index (κ1) is 19.0. The first-order valence-corrected chi connectivity index (χ1v) is 9.54. The van der Waals surface area contributed by atoms with Crippen LogP contribution in [0.3, 0.4) is 0 Å². The van der Waals surface area contributed by atoms with Gasteiger partial charge in [0, 0.05) is 10.6 Å². The molecule has 0 atom stereocenters. The normalized spacial score (nSPS) is 11.3. The monoisotopic (exact) mass is 407 g/mol. The number of halogens is 1. The molecule has 2 aromatic carbocycles. The molecule has 10 heteroatoms. The van der Waals surface area contributed by atoms with E-state index in [0.29, 0.717) is 16.4 Å². The number of carbonyl (C=O) groups excluding carboxylic acids is 1. The van der Waals surface area contributed by atoms with E-state index in [1.165, 1.54) is 31.3 Å². The molecule has 27 heavy (non-hydrogen) atoms. The van der Waals surface area contributed by atoms with Gasteiger partial charge in [-0.2, -0.15) is 4.98 Å². The van der Waals surface area contributed by atoms with Crippen molar-refractivity contribution in [3.05, 3.63) is 65.0 Å². The molecule has 0 unspecified atom stereocenters. The third-order valence-electron chi connectivity index (χ3n) is 3.55. The van der Waals surface area contributed by atoms with E-state index < -0.39 is 16.0 Å². The highest BCUT2D eigenvalue weighted by atomic mass is 35.5. The van der Waals surface area contributed by atoms with Gasteiger partial charge in [0.15, 0.2) is 6.61 Å². The minimum Gasteiger partial charge on any atom is -0.452 e. The van der Waals surface area contributed by atoms with E-state index in [0.717, 1.165) is 0 Å². The number of sulfonamides is 1. The summed E-state index contributed by atoms with van der Waals surface area (Å²) in [5, 5.41) is 4.40. The summed E-state index contributed by atoms with van der Waals surface area (Å²) in [5.74, 6) is -0.276. The first-order chi connectivity index (χ1) is 12.9. The maximum atomic E-state index is 12.2. The Morgan fingerprint density at radius 2 is 1.96 bits per heavy atom. The molecule has 0 aliphatic heterocycles. The van der Waals surface area contributed by atoms with Crippen LogP contribution >= 0.6 is 11.6 Å². The number of aromatic nitrogens is 2. The Labute approximate surface area is 160 Å². The SMILES string of the molecule is CNS(=O)(=O)c1cccc(C(=O)OCc2nc(-c3ccc(Cl)cc3)no2)c1. The molecular weight excluding hydrogens is 394 g/mol. The second kappa shape index (κ2) is 7.87. The topological polar surface area (TPSA) is 111 Å². The largest absolute Gasteiger partial charge is 0.452 e. The van der Waals surface area contributed by atoms with Crippen molar-refractivity contribution >= 4 is 27.6 Å². The molecule has 0 fully saturated rings. The fourth-order valence-electron chi connectivity index (χ4n) is 2.15. The molecule has 0 bridgehead atoms. The second-order valence-corrected chi connectivity index (χ2v) is 7.65. The van der Waals surface area contributed by atoms with Crippen molar-refractivity contribution in [2.24, 2.45) is 0 Å². The van der Waals surface area contributed by atoms with E-state index in [9.17, 15) is 13.2 Å². The van der Waals surface area contributed by atoms with Gasteiger partial charge in [-0.05, 0) is 49.5 Å². The second-order valence-electron chi connectivity index (χ2n) is 5.33. The average Bonchev–Trinajstić information content (AvgIpc) is 3.16. The minimum absolute atomic E-state index is 0.0396. The molecule has 0 saturated heterocycles. The van der Waals surface area contributed by atoms with E-state index >= 15 is 0 Å². The van der Waals surface area contributed by atoms with Gasteiger partial charge in [-0.3, -0.25) is 0 Å². The molecule has 0 spiro atoms. The number of nitrogens with one attached hydrogen (secondary N) is 1. The molecule has 3 aromatic rings. The van der Waals surface area contributed by atoms with E-state index in [-0.39, 0.29) is 23.0 Å². The summed E-state index contributed by atoms with van der Waals surface area (Å²) >= 11 is 5.83. The molecule has 0 saturated carbocycles. The fourth-order valence-corrected chi connectivity index (χ4v) is 3.05. The summed E-state index contributed by atoms with van der Waals surface area (Å²) < 4.78 is 36.0. The van der Waals surface area contributed by atoms with Crippen LogP contribution in [0.25, 0.3) is 11.4 Å².